The molecule has 5 rings (SSSR count). The number of ether oxygens (including phenoxy) is 2. The van der Waals surface area contributed by atoms with E-state index in [0.717, 1.165) is 15.5 Å². The molecule has 0 saturated heterocycles. The van der Waals surface area contributed by atoms with Crippen LogP contribution in [0.25, 0.3) is 21.9 Å². The summed E-state index contributed by atoms with van der Waals surface area (Å²) in [5.74, 6) is -0.0940. The quantitative estimate of drug-likeness (QED) is 0.105. The molecule has 240 valence electrons. The van der Waals surface area contributed by atoms with Crippen molar-refractivity contribution >= 4 is 47.8 Å². The SMILES string of the molecule is CC(NC(=O)C(C)(Cc1cn(C(=O)OCOP(=O)(O)O)c2ccccc12)NC(=O)OCc1cc2ccccc2o1)c1ccccc1. The van der Waals surface area contributed by atoms with Gasteiger partial charge in [0.05, 0.1) is 11.6 Å². The number of rotatable bonds is 11. The Morgan fingerprint density at radius 2 is 1.67 bits per heavy atom. The Labute approximate surface area is 263 Å². The molecule has 2 aromatic heterocycles. The molecule has 2 unspecified atom stereocenters. The zero-order chi connectivity index (χ0) is 32.9. The first-order valence-electron chi connectivity index (χ1n) is 14.2. The van der Waals surface area contributed by atoms with Gasteiger partial charge in [0, 0.05) is 23.4 Å². The Hall–Kier alpha value is -4.94. The smallest absolute Gasteiger partial charge is 0.457 e. The van der Waals surface area contributed by atoms with Crippen molar-refractivity contribution in [2.45, 2.75) is 38.5 Å². The molecule has 0 aliphatic rings. The zero-order valence-electron chi connectivity index (χ0n) is 24.9. The molecule has 5 aromatic rings. The van der Waals surface area contributed by atoms with E-state index in [1.54, 1.807) is 43.3 Å². The number of benzene rings is 3. The number of nitrogens with one attached hydrogen (secondary N) is 2. The maximum absolute atomic E-state index is 13.9. The van der Waals surface area contributed by atoms with E-state index < -0.39 is 44.3 Å². The number of nitrogens with zero attached hydrogens (tertiary/aromatic N) is 1. The predicted octanol–water partition coefficient (Wildman–Crippen LogP) is 5.54. The van der Waals surface area contributed by atoms with Crippen molar-refractivity contribution in [1.82, 2.24) is 15.2 Å². The molecule has 0 radical (unpaired) electrons. The third kappa shape index (κ3) is 7.82. The van der Waals surface area contributed by atoms with Crippen LogP contribution < -0.4 is 10.6 Å². The first-order chi connectivity index (χ1) is 21.9. The fourth-order valence-electron chi connectivity index (χ4n) is 5.01. The molecule has 46 heavy (non-hydrogen) atoms. The Morgan fingerprint density at radius 1 is 0.978 bits per heavy atom. The van der Waals surface area contributed by atoms with Crippen LogP contribution in [-0.2, 0) is 36.4 Å². The first-order valence-corrected chi connectivity index (χ1v) is 15.7. The summed E-state index contributed by atoms with van der Waals surface area (Å²) in [5, 5.41) is 7.09. The molecule has 0 saturated carbocycles. The van der Waals surface area contributed by atoms with E-state index >= 15 is 0 Å². The minimum absolute atomic E-state index is 0.0835. The number of para-hydroxylation sites is 2. The summed E-state index contributed by atoms with van der Waals surface area (Å²) < 4.78 is 32.4. The number of phosphoric ester groups is 1. The minimum atomic E-state index is -4.87. The molecule has 2 atom stereocenters. The van der Waals surface area contributed by atoms with Gasteiger partial charge in [-0.25, -0.2) is 18.7 Å². The van der Waals surface area contributed by atoms with Crippen LogP contribution in [0.3, 0.4) is 0 Å². The van der Waals surface area contributed by atoms with Crippen LogP contribution in [0.15, 0.2) is 95.5 Å². The van der Waals surface area contributed by atoms with Gasteiger partial charge >= 0.3 is 20.0 Å². The van der Waals surface area contributed by atoms with Crippen LogP contribution in [0, 0.1) is 0 Å². The summed E-state index contributed by atoms with van der Waals surface area (Å²) in [5.41, 5.74) is 0.792. The van der Waals surface area contributed by atoms with E-state index in [1.165, 1.54) is 6.20 Å². The molecule has 14 heteroatoms. The molecule has 0 bridgehead atoms. The molecule has 0 aliphatic heterocycles. The third-order valence-corrected chi connectivity index (χ3v) is 7.73. The van der Waals surface area contributed by atoms with Crippen LogP contribution in [0.2, 0.25) is 0 Å². The molecule has 0 aliphatic carbocycles. The summed E-state index contributed by atoms with van der Waals surface area (Å²) in [6, 6.07) is 24.8. The van der Waals surface area contributed by atoms with Crippen LogP contribution in [0.5, 0.6) is 0 Å². The lowest BCUT2D eigenvalue weighted by Crippen LogP contribution is -2.58. The number of hydrogen-bond acceptors (Lipinski definition) is 8. The number of furan rings is 1. The Balaban J connectivity index is 1.39. The van der Waals surface area contributed by atoms with Crippen molar-refractivity contribution < 1.29 is 47.2 Å². The van der Waals surface area contributed by atoms with Gasteiger partial charge in [-0.1, -0.05) is 66.7 Å². The summed E-state index contributed by atoms with van der Waals surface area (Å²) in [7, 11) is -4.87. The lowest BCUT2D eigenvalue weighted by molar-refractivity contribution is -0.127. The summed E-state index contributed by atoms with van der Waals surface area (Å²) >= 11 is 0. The van der Waals surface area contributed by atoms with E-state index in [2.05, 4.69) is 15.2 Å². The van der Waals surface area contributed by atoms with Gasteiger partial charge in [-0.05, 0) is 43.2 Å². The van der Waals surface area contributed by atoms with Crippen molar-refractivity contribution in [3.05, 3.63) is 108 Å². The second-order valence-corrected chi connectivity index (χ2v) is 12.0. The Bertz CT molecular complexity index is 1880. The highest BCUT2D eigenvalue weighted by Gasteiger charge is 2.38. The predicted molar refractivity (Wildman–Crippen MR) is 166 cm³/mol. The fraction of sp³-hybridized carbons (Fsp3) is 0.219. The van der Waals surface area contributed by atoms with Crippen molar-refractivity contribution in [2.75, 3.05) is 6.79 Å². The van der Waals surface area contributed by atoms with E-state index in [4.69, 9.17) is 23.7 Å². The van der Waals surface area contributed by atoms with Gasteiger partial charge in [0.15, 0.2) is 6.61 Å². The van der Waals surface area contributed by atoms with Crippen LogP contribution in [0.1, 0.15) is 36.8 Å². The van der Waals surface area contributed by atoms with Crippen LogP contribution in [-0.4, -0.2) is 44.8 Å². The number of alkyl carbamates (subject to hydrolysis) is 1. The van der Waals surface area contributed by atoms with Gasteiger partial charge in [0.25, 0.3) is 0 Å². The molecular weight excluding hydrogens is 617 g/mol. The van der Waals surface area contributed by atoms with E-state index in [-0.39, 0.29) is 13.0 Å². The lowest BCUT2D eigenvalue weighted by atomic mass is 9.91. The summed E-state index contributed by atoms with van der Waals surface area (Å²) in [6.07, 6.45) is -0.501. The number of amides is 2. The number of carbonyl (C=O) groups excluding carboxylic acids is 3. The van der Waals surface area contributed by atoms with E-state index in [9.17, 15) is 18.9 Å². The Morgan fingerprint density at radius 3 is 2.41 bits per heavy atom. The van der Waals surface area contributed by atoms with Gasteiger partial charge < -0.3 is 34.3 Å². The van der Waals surface area contributed by atoms with Gasteiger partial charge in [0.1, 0.15) is 16.9 Å². The maximum Gasteiger partial charge on any atom is 0.472 e. The number of fused-ring (bicyclic) bond motifs is 2. The zero-order valence-corrected chi connectivity index (χ0v) is 25.8. The molecule has 13 nitrogen and oxygen atoms in total. The van der Waals surface area contributed by atoms with Gasteiger partial charge in [-0.2, -0.15) is 0 Å². The van der Waals surface area contributed by atoms with Gasteiger partial charge in [-0.15, -0.1) is 0 Å². The molecule has 0 fully saturated rings. The largest absolute Gasteiger partial charge is 0.472 e. The third-order valence-electron chi connectivity index (χ3n) is 7.29. The standard InChI is InChI=1S/C32H32N3O10P/c1-21(22-10-4-3-5-11-22)33-29(36)32(2,34-30(37)42-19-25-16-23-12-6-9-15-28(23)45-25)17-24-18-35(27-14-8-7-13-26(24)27)31(38)43-20-44-46(39,40)41/h3-16,18,21H,17,19-20H2,1-2H3,(H,33,36)(H,34,37)(H2,39,40,41). The second-order valence-electron chi connectivity index (χ2n) is 10.8. The molecular formula is C32H32N3O10P. The Kier molecular flexibility index (Phi) is 9.59. The lowest BCUT2D eigenvalue weighted by Gasteiger charge is -2.30. The van der Waals surface area contributed by atoms with Crippen molar-refractivity contribution in [3.63, 3.8) is 0 Å². The topological polar surface area (TPSA) is 179 Å². The monoisotopic (exact) mass is 649 g/mol. The van der Waals surface area contributed by atoms with Crippen molar-refractivity contribution in [3.8, 4) is 0 Å². The first kappa shape index (κ1) is 32.5. The number of carbonyl (C=O) groups is 3. The van der Waals surface area contributed by atoms with E-state index in [0.29, 0.717) is 27.8 Å². The highest BCUT2D eigenvalue weighted by atomic mass is 31.2. The van der Waals surface area contributed by atoms with Gasteiger partial charge in [-0.3, -0.25) is 9.36 Å². The van der Waals surface area contributed by atoms with Crippen molar-refractivity contribution in [2.24, 2.45) is 0 Å². The highest BCUT2D eigenvalue weighted by molar-refractivity contribution is 7.46. The average molecular weight is 650 g/mol. The van der Waals surface area contributed by atoms with Crippen LogP contribution in [0.4, 0.5) is 9.59 Å². The summed E-state index contributed by atoms with van der Waals surface area (Å²) in [6.45, 7) is 2.19. The molecule has 4 N–H and O–H groups in total. The molecule has 2 amide bonds. The maximum atomic E-state index is 13.9. The highest BCUT2D eigenvalue weighted by Crippen LogP contribution is 2.35. The normalized spacial score (nSPS) is 13.6. The van der Waals surface area contributed by atoms with Gasteiger partial charge in [0.2, 0.25) is 12.7 Å². The average Bonchev–Trinajstić information content (AvgIpc) is 3.61. The fourth-order valence-corrected chi connectivity index (χ4v) is 5.20. The van der Waals surface area contributed by atoms with Crippen molar-refractivity contribution in [1.29, 1.82) is 0 Å². The minimum Gasteiger partial charge on any atom is -0.457 e. The molecule has 2 heterocycles. The van der Waals surface area contributed by atoms with E-state index in [1.807, 2.05) is 55.5 Å². The number of aromatic nitrogens is 1. The number of hydrogen-bond donors (Lipinski definition) is 4. The number of phosphoric acid groups is 1. The van der Waals surface area contributed by atoms with Crippen LogP contribution >= 0.6 is 7.82 Å². The second kappa shape index (κ2) is 13.6. The molecule has 0 spiro atoms. The molecule has 3 aromatic carbocycles. The summed E-state index contributed by atoms with van der Waals surface area (Å²) in [4.78, 5) is 57.7.